The van der Waals surface area contributed by atoms with Gasteiger partial charge in [0, 0.05) is 36.9 Å². The van der Waals surface area contributed by atoms with Crippen LogP contribution in [0.2, 0.25) is 0 Å². The SMILES string of the molecule is CCC.CCCc1ccc([C@@H](CC)[C@@H](CN2CCCC2)NC(=O)CCCCCC(=O)c2ccc(OC)cc2)cc1. The van der Waals surface area contributed by atoms with Crippen molar-refractivity contribution >= 4 is 11.7 Å². The van der Waals surface area contributed by atoms with E-state index in [9.17, 15) is 9.59 Å². The van der Waals surface area contributed by atoms with Gasteiger partial charge in [-0.25, -0.2) is 0 Å². The Morgan fingerprint density at radius 1 is 0.875 bits per heavy atom. The third-order valence-corrected chi connectivity index (χ3v) is 7.59. The Balaban J connectivity index is 0.00000178. The fraction of sp³-hybridized carbons (Fsp3) is 0.600. The molecule has 2 atom stereocenters. The largest absolute Gasteiger partial charge is 0.497 e. The summed E-state index contributed by atoms with van der Waals surface area (Å²) >= 11 is 0. The fourth-order valence-electron chi connectivity index (χ4n) is 5.44. The van der Waals surface area contributed by atoms with Crippen LogP contribution in [0.3, 0.4) is 0 Å². The van der Waals surface area contributed by atoms with Gasteiger partial charge in [-0.2, -0.15) is 0 Å². The summed E-state index contributed by atoms with van der Waals surface area (Å²) in [5.41, 5.74) is 3.42. The molecule has 40 heavy (non-hydrogen) atoms. The number of methoxy groups -OCH3 is 1. The average molecular weight is 551 g/mol. The molecule has 3 rings (SSSR count). The van der Waals surface area contributed by atoms with Gasteiger partial charge in [-0.05, 0) is 87.0 Å². The summed E-state index contributed by atoms with van der Waals surface area (Å²) in [6.45, 7) is 11.9. The minimum atomic E-state index is 0.115. The van der Waals surface area contributed by atoms with Gasteiger partial charge in [0.05, 0.1) is 7.11 Å². The van der Waals surface area contributed by atoms with Gasteiger partial charge < -0.3 is 15.0 Å². The van der Waals surface area contributed by atoms with Gasteiger partial charge in [-0.3, -0.25) is 9.59 Å². The first-order valence-electron chi connectivity index (χ1n) is 15.7. The molecule has 0 radical (unpaired) electrons. The number of aryl methyl sites for hydroxylation is 1. The molecule has 5 nitrogen and oxygen atoms in total. The highest BCUT2D eigenvalue weighted by atomic mass is 16.5. The molecule has 2 aromatic carbocycles. The average Bonchev–Trinajstić information content (AvgIpc) is 3.48. The maximum Gasteiger partial charge on any atom is 0.220 e. The van der Waals surface area contributed by atoms with Crippen LogP contribution in [0, 0.1) is 0 Å². The van der Waals surface area contributed by atoms with E-state index in [0.717, 1.165) is 69.5 Å². The highest BCUT2D eigenvalue weighted by Crippen LogP contribution is 2.26. The molecule has 0 saturated carbocycles. The first-order chi connectivity index (χ1) is 19.4. The summed E-state index contributed by atoms with van der Waals surface area (Å²) in [6, 6.07) is 16.4. The van der Waals surface area contributed by atoms with Crippen LogP contribution in [-0.2, 0) is 11.2 Å². The Hall–Kier alpha value is -2.66. The highest BCUT2D eigenvalue weighted by molar-refractivity contribution is 5.96. The van der Waals surface area contributed by atoms with E-state index in [1.807, 2.05) is 24.3 Å². The number of rotatable bonds is 16. The quantitative estimate of drug-likeness (QED) is 0.170. The number of unbranched alkanes of at least 4 members (excludes halogenated alkanes) is 2. The van der Waals surface area contributed by atoms with Gasteiger partial charge in [-0.15, -0.1) is 0 Å². The molecule has 1 amide bonds. The molecule has 0 unspecified atom stereocenters. The number of benzene rings is 2. The van der Waals surface area contributed by atoms with Crippen LogP contribution < -0.4 is 10.1 Å². The van der Waals surface area contributed by atoms with Crippen LogP contribution >= 0.6 is 0 Å². The third-order valence-electron chi connectivity index (χ3n) is 7.59. The maximum atomic E-state index is 13.0. The predicted molar refractivity (Wildman–Crippen MR) is 167 cm³/mol. The standard InChI is InChI=1S/C32H46N2O3.C3H8/c1-4-11-25-14-16-26(17-15-25)29(5-2)30(24-34-22-9-10-23-34)33-32(36)13-8-6-7-12-31(35)27-18-20-28(37-3)21-19-27;1-3-2/h14-21,29-30H,4-13,22-24H2,1-3H3,(H,33,36);3H2,1-2H3/t29-,30-;/m1./s1. The number of Topliss-reactive ketones (excluding diaryl/α,β-unsaturated/α-hetero) is 1. The van der Waals surface area contributed by atoms with E-state index in [2.05, 4.69) is 62.2 Å². The molecule has 5 heteroatoms. The normalized spacial score (nSPS) is 14.6. The second-order valence-corrected chi connectivity index (χ2v) is 11.1. The molecule has 1 N–H and O–H groups in total. The number of hydrogen-bond donors (Lipinski definition) is 1. The summed E-state index contributed by atoms with van der Waals surface area (Å²) in [7, 11) is 1.62. The molecule has 0 aromatic heterocycles. The fourth-order valence-corrected chi connectivity index (χ4v) is 5.44. The number of ether oxygens (including phenoxy) is 1. The van der Waals surface area contributed by atoms with Crippen molar-refractivity contribution < 1.29 is 14.3 Å². The van der Waals surface area contributed by atoms with Gasteiger partial charge >= 0.3 is 0 Å². The number of amides is 1. The van der Waals surface area contributed by atoms with E-state index in [-0.39, 0.29) is 17.7 Å². The number of likely N-dealkylation sites (tertiary alicyclic amines) is 1. The van der Waals surface area contributed by atoms with Crippen molar-refractivity contribution in [3.05, 3.63) is 65.2 Å². The maximum absolute atomic E-state index is 13.0. The summed E-state index contributed by atoms with van der Waals surface area (Å²) in [5, 5.41) is 3.41. The highest BCUT2D eigenvalue weighted by Gasteiger charge is 2.27. The van der Waals surface area contributed by atoms with Crippen molar-refractivity contribution in [3.63, 3.8) is 0 Å². The van der Waals surface area contributed by atoms with Crippen LogP contribution in [0.5, 0.6) is 5.75 Å². The molecule has 1 fully saturated rings. The lowest BCUT2D eigenvalue weighted by Crippen LogP contribution is -2.46. The monoisotopic (exact) mass is 550 g/mol. The molecular formula is C35H54N2O3. The van der Waals surface area contributed by atoms with Crippen molar-refractivity contribution in [2.45, 2.75) is 110 Å². The zero-order valence-corrected chi connectivity index (χ0v) is 25.8. The van der Waals surface area contributed by atoms with Gasteiger partial charge in [0.2, 0.25) is 5.91 Å². The lowest BCUT2D eigenvalue weighted by atomic mass is 9.87. The van der Waals surface area contributed by atoms with E-state index >= 15 is 0 Å². The number of carbonyl (C=O) groups excluding carboxylic acids is 2. The van der Waals surface area contributed by atoms with Crippen molar-refractivity contribution in [1.29, 1.82) is 0 Å². The Kier molecular flexibility index (Phi) is 16.3. The topological polar surface area (TPSA) is 58.6 Å². The summed E-state index contributed by atoms with van der Waals surface area (Å²) < 4.78 is 5.16. The van der Waals surface area contributed by atoms with Gasteiger partial charge in [-0.1, -0.05) is 71.2 Å². The molecule has 1 heterocycles. The molecule has 2 aromatic rings. The number of nitrogens with zero attached hydrogens (tertiary/aromatic N) is 1. The molecular weight excluding hydrogens is 496 g/mol. The smallest absolute Gasteiger partial charge is 0.220 e. The molecule has 0 aliphatic carbocycles. The molecule has 0 spiro atoms. The lowest BCUT2D eigenvalue weighted by Gasteiger charge is -2.31. The van der Waals surface area contributed by atoms with Crippen LogP contribution in [0.15, 0.2) is 48.5 Å². The van der Waals surface area contributed by atoms with E-state index in [1.54, 1.807) is 7.11 Å². The summed E-state index contributed by atoms with van der Waals surface area (Å²) in [6.07, 6.45) is 10.5. The van der Waals surface area contributed by atoms with Crippen LogP contribution in [0.1, 0.15) is 119 Å². The molecule has 222 valence electrons. The van der Waals surface area contributed by atoms with E-state index < -0.39 is 0 Å². The second-order valence-electron chi connectivity index (χ2n) is 11.1. The number of carbonyl (C=O) groups is 2. The predicted octanol–water partition coefficient (Wildman–Crippen LogP) is 7.97. The van der Waals surface area contributed by atoms with Gasteiger partial charge in [0.1, 0.15) is 5.75 Å². The molecule has 1 saturated heterocycles. The van der Waals surface area contributed by atoms with E-state index in [4.69, 9.17) is 4.74 Å². The van der Waals surface area contributed by atoms with Crippen LogP contribution in [0.4, 0.5) is 0 Å². The van der Waals surface area contributed by atoms with E-state index in [0.29, 0.717) is 18.8 Å². The number of hydrogen-bond acceptors (Lipinski definition) is 4. The Morgan fingerprint density at radius 2 is 1.50 bits per heavy atom. The van der Waals surface area contributed by atoms with Crippen LogP contribution in [0.25, 0.3) is 0 Å². The van der Waals surface area contributed by atoms with Crippen LogP contribution in [-0.4, -0.2) is 49.4 Å². The summed E-state index contributed by atoms with van der Waals surface area (Å²) in [5.74, 6) is 1.34. The van der Waals surface area contributed by atoms with Gasteiger partial charge in [0.15, 0.2) is 5.78 Å². The van der Waals surface area contributed by atoms with Crippen molar-refractivity contribution in [2.75, 3.05) is 26.7 Å². The third kappa shape index (κ3) is 11.8. The van der Waals surface area contributed by atoms with Crippen molar-refractivity contribution in [1.82, 2.24) is 10.2 Å². The van der Waals surface area contributed by atoms with Crippen molar-refractivity contribution in [3.8, 4) is 5.75 Å². The molecule has 1 aliphatic rings. The zero-order valence-electron chi connectivity index (χ0n) is 25.8. The minimum absolute atomic E-state index is 0.115. The Labute approximate surface area is 244 Å². The van der Waals surface area contributed by atoms with Crippen molar-refractivity contribution in [2.24, 2.45) is 0 Å². The zero-order chi connectivity index (χ0) is 29.2. The summed E-state index contributed by atoms with van der Waals surface area (Å²) in [4.78, 5) is 27.9. The first kappa shape index (κ1) is 33.5. The Bertz CT molecular complexity index is 965. The van der Waals surface area contributed by atoms with Gasteiger partial charge in [0.25, 0.3) is 0 Å². The number of ketones is 1. The molecule has 0 bridgehead atoms. The number of nitrogens with one attached hydrogen (secondary N) is 1. The lowest BCUT2D eigenvalue weighted by molar-refractivity contribution is -0.122. The molecule has 1 aliphatic heterocycles. The minimum Gasteiger partial charge on any atom is -0.497 e. The Morgan fingerprint density at radius 3 is 2.08 bits per heavy atom. The first-order valence-corrected chi connectivity index (χ1v) is 15.7. The van der Waals surface area contributed by atoms with E-state index in [1.165, 1.54) is 30.4 Å². The second kappa shape index (κ2) is 19.4.